The van der Waals surface area contributed by atoms with Crippen molar-refractivity contribution >= 4 is 5.97 Å². The van der Waals surface area contributed by atoms with Crippen molar-refractivity contribution in [1.82, 2.24) is 4.90 Å². The fraction of sp³-hybridized carbons (Fsp3) is 0.550. The molecular weight excluding hydrogens is 286 g/mol. The summed E-state index contributed by atoms with van der Waals surface area (Å²) in [7, 11) is 0. The maximum atomic E-state index is 12.8. The maximum absolute atomic E-state index is 12.8. The summed E-state index contributed by atoms with van der Waals surface area (Å²) < 4.78 is 5.83. The number of nitrogens with zero attached hydrogens (tertiary/aromatic N) is 1. The summed E-state index contributed by atoms with van der Waals surface area (Å²) in [6.45, 7) is 5.14. The molecule has 1 heterocycles. The summed E-state index contributed by atoms with van der Waals surface area (Å²) in [5.74, 6) is 0.0271. The summed E-state index contributed by atoms with van der Waals surface area (Å²) in [6.07, 6.45) is 8.95. The first-order valence-electron chi connectivity index (χ1n) is 8.88. The molecule has 1 saturated heterocycles. The largest absolute Gasteiger partial charge is 0.461 e. The van der Waals surface area contributed by atoms with Crippen LogP contribution in [0, 0.1) is 5.92 Å². The second kappa shape index (κ2) is 7.78. The zero-order valence-corrected chi connectivity index (χ0v) is 14.0. The molecule has 3 atom stereocenters. The third-order valence-electron chi connectivity index (χ3n) is 4.92. The van der Waals surface area contributed by atoms with Gasteiger partial charge in [-0.3, -0.25) is 9.69 Å². The van der Waals surface area contributed by atoms with E-state index in [1.54, 1.807) is 0 Å². The second-order valence-corrected chi connectivity index (χ2v) is 6.81. The molecule has 3 heteroatoms. The molecule has 0 spiro atoms. The number of ether oxygens (including phenoxy) is 1. The van der Waals surface area contributed by atoms with Gasteiger partial charge >= 0.3 is 5.97 Å². The number of rotatable bonds is 6. The molecule has 1 aromatic carbocycles. The Labute approximate surface area is 139 Å². The highest BCUT2D eigenvalue weighted by Gasteiger charge is 2.32. The van der Waals surface area contributed by atoms with Crippen LogP contribution in [-0.4, -0.2) is 36.6 Å². The topological polar surface area (TPSA) is 29.5 Å². The zero-order valence-electron chi connectivity index (χ0n) is 14.0. The van der Waals surface area contributed by atoms with Crippen molar-refractivity contribution in [2.75, 3.05) is 19.6 Å². The Kier molecular flexibility index (Phi) is 5.50. The molecule has 1 fully saturated rings. The minimum Gasteiger partial charge on any atom is -0.461 e. The van der Waals surface area contributed by atoms with Crippen molar-refractivity contribution in [1.29, 1.82) is 0 Å². The number of esters is 1. The molecule has 3 nitrogen and oxygen atoms in total. The van der Waals surface area contributed by atoms with Crippen LogP contribution in [0.3, 0.4) is 0 Å². The quantitative estimate of drug-likeness (QED) is 0.591. The highest BCUT2D eigenvalue weighted by atomic mass is 16.5. The van der Waals surface area contributed by atoms with E-state index < -0.39 is 0 Å². The molecule has 0 N–H and O–H groups in total. The van der Waals surface area contributed by atoms with E-state index in [0.29, 0.717) is 0 Å². The minimum atomic E-state index is -0.170. The molecule has 0 bridgehead atoms. The zero-order chi connectivity index (χ0) is 16.1. The predicted octanol–water partition coefficient (Wildman–Crippen LogP) is 3.76. The standard InChI is InChI=1S/C20H27NO2/c1-16(15-21-13-7-8-14-21)23-20(22)19(18-11-5-6-12-18)17-9-3-2-4-10-17/h2-5,9-11,16,18-19H,6-8,12-15H2,1H3/t16-,18-,19-/m0/s1. The van der Waals surface area contributed by atoms with Gasteiger partial charge in [-0.2, -0.15) is 0 Å². The highest BCUT2D eigenvalue weighted by molar-refractivity contribution is 5.79. The van der Waals surface area contributed by atoms with Crippen molar-refractivity contribution in [3.05, 3.63) is 48.0 Å². The molecule has 3 rings (SSSR count). The number of hydrogen-bond acceptors (Lipinski definition) is 3. The normalized spacial score (nSPS) is 23.8. The van der Waals surface area contributed by atoms with E-state index in [1.807, 2.05) is 37.3 Å². The third-order valence-corrected chi connectivity index (χ3v) is 4.92. The molecule has 1 aromatic rings. The second-order valence-electron chi connectivity index (χ2n) is 6.81. The van der Waals surface area contributed by atoms with Gasteiger partial charge in [-0.1, -0.05) is 42.5 Å². The molecule has 1 aliphatic carbocycles. The van der Waals surface area contributed by atoms with E-state index in [4.69, 9.17) is 4.74 Å². The van der Waals surface area contributed by atoms with Gasteiger partial charge in [0.1, 0.15) is 6.10 Å². The monoisotopic (exact) mass is 313 g/mol. The number of carbonyl (C=O) groups is 1. The van der Waals surface area contributed by atoms with Crippen molar-refractivity contribution in [2.24, 2.45) is 5.92 Å². The van der Waals surface area contributed by atoms with Crippen LogP contribution in [0.4, 0.5) is 0 Å². The van der Waals surface area contributed by atoms with E-state index in [1.165, 1.54) is 12.8 Å². The van der Waals surface area contributed by atoms with Crippen molar-refractivity contribution < 1.29 is 9.53 Å². The molecule has 0 radical (unpaired) electrons. The first-order chi connectivity index (χ1) is 11.2. The Morgan fingerprint density at radius 1 is 1.26 bits per heavy atom. The Morgan fingerprint density at radius 2 is 2.00 bits per heavy atom. The van der Waals surface area contributed by atoms with Crippen LogP contribution in [0.2, 0.25) is 0 Å². The summed E-state index contributed by atoms with van der Waals surface area (Å²) in [4.78, 5) is 15.2. The average molecular weight is 313 g/mol. The number of allylic oxidation sites excluding steroid dienone is 2. The molecule has 0 amide bonds. The van der Waals surface area contributed by atoms with Gasteiger partial charge in [0.15, 0.2) is 0 Å². The van der Waals surface area contributed by atoms with Gasteiger partial charge in [-0.15, -0.1) is 0 Å². The first kappa shape index (κ1) is 16.3. The summed E-state index contributed by atoms with van der Waals surface area (Å²) in [6, 6.07) is 10.1. The molecule has 124 valence electrons. The predicted molar refractivity (Wildman–Crippen MR) is 92.3 cm³/mol. The molecule has 0 aromatic heterocycles. The van der Waals surface area contributed by atoms with Gasteiger partial charge in [0.2, 0.25) is 0 Å². The number of carbonyl (C=O) groups excluding carboxylic acids is 1. The van der Waals surface area contributed by atoms with Crippen molar-refractivity contribution in [3.63, 3.8) is 0 Å². The van der Waals surface area contributed by atoms with Crippen molar-refractivity contribution in [2.45, 2.75) is 44.6 Å². The highest BCUT2D eigenvalue weighted by Crippen LogP contribution is 2.34. The first-order valence-corrected chi connectivity index (χ1v) is 8.88. The lowest BCUT2D eigenvalue weighted by atomic mass is 9.85. The van der Waals surface area contributed by atoms with Crippen LogP contribution in [0.1, 0.15) is 44.1 Å². The lowest BCUT2D eigenvalue weighted by Crippen LogP contribution is -2.33. The summed E-state index contributed by atoms with van der Waals surface area (Å²) in [5, 5.41) is 0. The van der Waals surface area contributed by atoms with Gasteiger partial charge in [-0.05, 0) is 57.2 Å². The van der Waals surface area contributed by atoms with Crippen LogP contribution >= 0.6 is 0 Å². The Balaban J connectivity index is 1.66. The minimum absolute atomic E-state index is 0.0443. The molecule has 0 unspecified atom stereocenters. The number of hydrogen-bond donors (Lipinski definition) is 0. The fourth-order valence-electron chi connectivity index (χ4n) is 3.79. The van der Waals surface area contributed by atoms with E-state index in [9.17, 15) is 4.79 Å². The van der Waals surface area contributed by atoms with Gasteiger partial charge in [-0.25, -0.2) is 0 Å². The van der Waals surface area contributed by atoms with Crippen molar-refractivity contribution in [3.8, 4) is 0 Å². The molecule has 23 heavy (non-hydrogen) atoms. The van der Waals surface area contributed by atoms with E-state index in [0.717, 1.165) is 38.0 Å². The van der Waals surface area contributed by atoms with Crippen LogP contribution < -0.4 is 0 Å². The number of likely N-dealkylation sites (tertiary alicyclic amines) is 1. The Hall–Kier alpha value is -1.61. The fourth-order valence-corrected chi connectivity index (χ4v) is 3.79. The lowest BCUT2D eigenvalue weighted by molar-refractivity contribution is -0.151. The molecule has 1 aliphatic heterocycles. The number of benzene rings is 1. The van der Waals surface area contributed by atoms with Crippen LogP contribution in [0.5, 0.6) is 0 Å². The lowest BCUT2D eigenvalue weighted by Gasteiger charge is -2.25. The Bertz CT molecular complexity index is 534. The van der Waals surface area contributed by atoms with E-state index in [2.05, 4.69) is 17.1 Å². The average Bonchev–Trinajstić information content (AvgIpc) is 3.22. The van der Waals surface area contributed by atoms with Gasteiger partial charge in [0.05, 0.1) is 5.92 Å². The third kappa shape index (κ3) is 4.23. The molecule has 2 aliphatic rings. The Morgan fingerprint density at radius 3 is 2.65 bits per heavy atom. The molecule has 0 saturated carbocycles. The SMILES string of the molecule is C[C@@H](CN1CCCC1)OC(=O)[C@@H](c1ccccc1)[C@H]1C=CCC1. The summed E-state index contributed by atoms with van der Waals surface area (Å²) >= 11 is 0. The van der Waals surface area contributed by atoms with Gasteiger partial charge in [0, 0.05) is 6.54 Å². The van der Waals surface area contributed by atoms with E-state index >= 15 is 0 Å². The van der Waals surface area contributed by atoms with Crippen LogP contribution in [0.25, 0.3) is 0 Å². The van der Waals surface area contributed by atoms with Gasteiger partial charge in [0.25, 0.3) is 0 Å². The summed E-state index contributed by atoms with van der Waals surface area (Å²) in [5.41, 5.74) is 1.07. The maximum Gasteiger partial charge on any atom is 0.314 e. The van der Waals surface area contributed by atoms with Crippen LogP contribution in [0.15, 0.2) is 42.5 Å². The van der Waals surface area contributed by atoms with Gasteiger partial charge < -0.3 is 4.74 Å². The smallest absolute Gasteiger partial charge is 0.314 e. The van der Waals surface area contributed by atoms with E-state index in [-0.39, 0.29) is 23.9 Å². The molecular formula is C20H27NO2. The van der Waals surface area contributed by atoms with Crippen LogP contribution in [-0.2, 0) is 9.53 Å².